The van der Waals surface area contributed by atoms with Crippen molar-refractivity contribution < 1.29 is 0 Å². The first-order valence-electron chi connectivity index (χ1n) is 10.7. The lowest BCUT2D eigenvalue weighted by Crippen LogP contribution is -2.31. The molecule has 0 nitrogen and oxygen atoms in total. The number of hydrogen-bond acceptors (Lipinski definition) is 0. The minimum atomic E-state index is -0.517. The predicted octanol–water partition coefficient (Wildman–Crippen LogP) is 7.80. The Balaban J connectivity index is 2.05. The van der Waals surface area contributed by atoms with Crippen LogP contribution in [0.3, 0.4) is 0 Å². The number of allylic oxidation sites excluding steroid dienone is 4. The summed E-state index contributed by atoms with van der Waals surface area (Å²) in [4.78, 5) is 0. The van der Waals surface area contributed by atoms with Crippen molar-refractivity contribution >= 4 is 26.5 Å². The molecule has 0 bridgehead atoms. The van der Waals surface area contributed by atoms with Gasteiger partial charge < -0.3 is 0 Å². The zero-order valence-corrected chi connectivity index (χ0v) is 20.9. The van der Waals surface area contributed by atoms with Crippen LogP contribution in [0.2, 0.25) is 0 Å². The van der Waals surface area contributed by atoms with Gasteiger partial charge in [-0.05, 0) is 46.2 Å². The Morgan fingerprint density at radius 2 is 1.14 bits per heavy atom. The van der Waals surface area contributed by atoms with Crippen LogP contribution in [0.15, 0.2) is 83.7 Å². The van der Waals surface area contributed by atoms with Crippen LogP contribution in [0.4, 0.5) is 0 Å². The third kappa shape index (κ3) is 5.10. The fraction of sp³-hybridized carbons (Fsp3) is 0.407. The lowest BCUT2D eigenvalue weighted by Gasteiger charge is -2.46. The van der Waals surface area contributed by atoms with Crippen molar-refractivity contribution in [2.75, 3.05) is 0 Å². The van der Waals surface area contributed by atoms with E-state index in [1.54, 1.807) is 10.9 Å². The molecule has 2 aromatic rings. The van der Waals surface area contributed by atoms with E-state index in [2.05, 4.69) is 121 Å². The average molecular weight is 423 g/mol. The summed E-state index contributed by atoms with van der Waals surface area (Å²) in [5, 5.41) is 5.14. The van der Waals surface area contributed by atoms with E-state index in [0.717, 1.165) is 6.42 Å². The van der Waals surface area contributed by atoms with Crippen LogP contribution in [0.25, 0.3) is 0 Å². The first-order chi connectivity index (χ1) is 13.6. The Morgan fingerprint density at radius 3 is 1.55 bits per heavy atom. The van der Waals surface area contributed by atoms with E-state index in [1.807, 2.05) is 0 Å². The zero-order valence-electron chi connectivity index (χ0n) is 19.1. The van der Waals surface area contributed by atoms with E-state index in [0.29, 0.717) is 16.0 Å². The molecule has 2 aromatic carbocycles. The molecule has 0 saturated heterocycles. The maximum Gasteiger partial charge on any atom is 0.00262 e. The van der Waals surface area contributed by atoms with E-state index in [9.17, 15) is 0 Å². The van der Waals surface area contributed by atoms with Crippen molar-refractivity contribution in [2.45, 2.75) is 70.9 Å². The lowest BCUT2D eigenvalue weighted by atomic mass is 10.2. The Morgan fingerprint density at radius 1 is 0.690 bits per heavy atom. The number of benzene rings is 2. The first kappa shape index (κ1) is 22.5. The Labute approximate surface area is 181 Å². The van der Waals surface area contributed by atoms with Crippen molar-refractivity contribution in [1.29, 1.82) is 0 Å². The van der Waals surface area contributed by atoms with Crippen LogP contribution in [-0.2, 0) is 0 Å². The smallest absolute Gasteiger partial charge is 0.00262 e. The van der Waals surface area contributed by atoms with E-state index in [4.69, 9.17) is 0 Å². The van der Waals surface area contributed by atoms with Crippen LogP contribution in [0, 0.1) is 0 Å². The fourth-order valence-corrected chi connectivity index (χ4v) is 12.6. The van der Waals surface area contributed by atoms with Gasteiger partial charge in [0.2, 0.25) is 0 Å². The van der Waals surface area contributed by atoms with E-state index in [-0.39, 0.29) is 7.92 Å². The lowest BCUT2D eigenvalue weighted by molar-refractivity contribution is 0.695. The molecule has 0 heterocycles. The van der Waals surface area contributed by atoms with Gasteiger partial charge >= 0.3 is 0 Å². The molecule has 1 aliphatic carbocycles. The predicted molar refractivity (Wildman–Crippen MR) is 136 cm³/mol. The molecule has 0 amide bonds. The molecule has 154 valence electrons. The molecule has 0 fully saturated rings. The van der Waals surface area contributed by atoms with Gasteiger partial charge in [0.05, 0.1) is 0 Å². The van der Waals surface area contributed by atoms with Gasteiger partial charge in [-0.3, -0.25) is 0 Å². The maximum absolute atomic E-state index is 2.52. The second kappa shape index (κ2) is 8.88. The Kier molecular flexibility index (Phi) is 6.88. The van der Waals surface area contributed by atoms with Gasteiger partial charge in [-0.1, -0.05) is 129 Å². The van der Waals surface area contributed by atoms with Gasteiger partial charge in [0.1, 0.15) is 0 Å². The summed E-state index contributed by atoms with van der Waals surface area (Å²) in [5.74, 6) is 0. The van der Waals surface area contributed by atoms with Crippen molar-refractivity contribution in [2.24, 2.45) is 0 Å². The quantitative estimate of drug-likeness (QED) is 0.431. The van der Waals surface area contributed by atoms with Gasteiger partial charge in [-0.15, -0.1) is 0 Å². The fourth-order valence-electron chi connectivity index (χ4n) is 5.01. The average Bonchev–Trinajstić information content (AvgIpc) is 3.11. The molecule has 1 atom stereocenters. The zero-order chi connectivity index (χ0) is 21.2. The highest BCUT2D eigenvalue weighted by Crippen LogP contribution is 2.66. The number of hydrogen-bond donors (Lipinski definition) is 0. The molecule has 0 radical (unpaired) electrons. The molecule has 2 heteroatoms. The molecule has 0 spiro atoms. The molecule has 0 aromatic heterocycles. The third-order valence-corrected chi connectivity index (χ3v) is 12.0. The van der Waals surface area contributed by atoms with Crippen LogP contribution in [0.1, 0.15) is 54.9 Å². The van der Waals surface area contributed by atoms with Crippen LogP contribution in [-0.4, -0.2) is 16.0 Å². The maximum atomic E-state index is 2.52. The van der Waals surface area contributed by atoms with Crippen LogP contribution in [0.5, 0.6) is 0 Å². The highest BCUT2D eigenvalue weighted by Gasteiger charge is 2.41. The molecule has 0 unspecified atom stereocenters. The highest BCUT2D eigenvalue weighted by atomic mass is 31.1. The van der Waals surface area contributed by atoms with Crippen molar-refractivity contribution in [3.8, 4) is 0 Å². The molecule has 29 heavy (non-hydrogen) atoms. The molecule has 0 N–H and O–H groups in total. The van der Waals surface area contributed by atoms with E-state index < -0.39 is 7.92 Å². The summed E-state index contributed by atoms with van der Waals surface area (Å²) in [6, 6.07) is 22.3. The summed E-state index contributed by atoms with van der Waals surface area (Å²) in [5.41, 5.74) is 2.20. The largest absolute Gasteiger partial charge is 0.0882 e. The standard InChI is InChI=1S/C27H36P2/c1-21(29(26(2,3)4)27(5,6)7)24-19-14-20-25(24)28(22-15-10-8-11-16-22)23-17-12-9-13-18-23/h8-13,15-21H,14H2,1-7H3/t21-/m0/s1. The van der Waals surface area contributed by atoms with Crippen LogP contribution >= 0.6 is 15.8 Å². The molecule has 0 saturated carbocycles. The first-order valence-corrected chi connectivity index (χ1v) is 13.5. The minimum Gasteiger partial charge on any atom is -0.0882 e. The highest BCUT2D eigenvalue weighted by molar-refractivity contribution is 7.77. The van der Waals surface area contributed by atoms with E-state index in [1.165, 1.54) is 10.6 Å². The number of rotatable bonds is 5. The van der Waals surface area contributed by atoms with E-state index >= 15 is 0 Å². The molecule has 3 rings (SSSR count). The van der Waals surface area contributed by atoms with Gasteiger partial charge in [-0.2, -0.15) is 0 Å². The topological polar surface area (TPSA) is 0 Å². The molecule has 0 aliphatic heterocycles. The summed E-state index contributed by atoms with van der Waals surface area (Å²) < 4.78 is 0. The second-order valence-corrected chi connectivity index (χ2v) is 16.3. The monoisotopic (exact) mass is 422 g/mol. The summed E-state index contributed by atoms with van der Waals surface area (Å²) in [6.45, 7) is 17.1. The van der Waals surface area contributed by atoms with Gasteiger partial charge in [0.15, 0.2) is 0 Å². The summed E-state index contributed by atoms with van der Waals surface area (Å²) in [6.07, 6.45) is 6.11. The van der Waals surface area contributed by atoms with Gasteiger partial charge in [-0.25, -0.2) is 0 Å². The second-order valence-electron chi connectivity index (χ2n) is 9.88. The van der Waals surface area contributed by atoms with Gasteiger partial charge in [0, 0.05) is 5.66 Å². The summed E-state index contributed by atoms with van der Waals surface area (Å²) >= 11 is 0. The molecular formula is C27H36P2. The molecular weight excluding hydrogens is 386 g/mol. The van der Waals surface area contributed by atoms with Gasteiger partial charge in [0.25, 0.3) is 0 Å². The SMILES string of the molecule is C[C@@H](C1=CCC=C1P(c1ccccc1)c1ccccc1)P(C(C)(C)C)C(C)(C)C. The normalized spacial score (nSPS) is 16.2. The summed E-state index contributed by atoms with van der Waals surface area (Å²) in [7, 11) is -0.720. The minimum absolute atomic E-state index is 0.203. The molecule has 1 aliphatic rings. The Bertz CT molecular complexity index is 811. The Hall–Kier alpha value is -1.22. The van der Waals surface area contributed by atoms with Crippen LogP contribution < -0.4 is 10.6 Å². The third-order valence-electron chi connectivity index (χ3n) is 5.50. The van der Waals surface area contributed by atoms with Crippen molar-refractivity contribution in [1.82, 2.24) is 0 Å². The van der Waals surface area contributed by atoms with Crippen molar-refractivity contribution in [3.63, 3.8) is 0 Å². The van der Waals surface area contributed by atoms with Crippen molar-refractivity contribution in [3.05, 3.63) is 83.7 Å².